The molecule has 0 aliphatic rings. The molecule has 4 heteroatoms. The fourth-order valence-electron chi connectivity index (χ4n) is 3.32. The molecule has 3 aromatic rings. The number of aromatic nitrogens is 2. The second kappa shape index (κ2) is 7.81. The van der Waals surface area contributed by atoms with Crippen molar-refractivity contribution in [2.45, 2.75) is 34.1 Å². The second-order valence-electron chi connectivity index (χ2n) is 7.41. The van der Waals surface area contributed by atoms with E-state index in [0.29, 0.717) is 24.3 Å². The number of ether oxygens (including phenoxy) is 1. The normalized spacial score (nSPS) is 12.5. The van der Waals surface area contributed by atoms with E-state index < -0.39 is 0 Å². The molecule has 0 fully saturated rings. The average molecular weight is 352 g/mol. The number of benzene rings is 1. The van der Waals surface area contributed by atoms with Crippen LogP contribution in [0.15, 0.2) is 42.7 Å². The highest BCUT2D eigenvalue weighted by Crippen LogP contribution is 2.30. The summed E-state index contributed by atoms with van der Waals surface area (Å²) in [5, 5.41) is 0.785. The van der Waals surface area contributed by atoms with Crippen molar-refractivity contribution in [3.63, 3.8) is 0 Å². The molecule has 136 valence electrons. The van der Waals surface area contributed by atoms with Crippen molar-refractivity contribution in [2.24, 2.45) is 11.8 Å². The Balaban J connectivity index is 1.85. The van der Waals surface area contributed by atoms with Gasteiger partial charge in [0.05, 0.1) is 12.1 Å². The summed E-state index contributed by atoms with van der Waals surface area (Å²) >= 11 is 0. The Kier molecular flexibility index (Phi) is 5.50. The van der Waals surface area contributed by atoms with E-state index in [1.54, 1.807) is 18.5 Å². The molecule has 2 aromatic heterocycles. The third-order valence-electron chi connectivity index (χ3n) is 4.42. The van der Waals surface area contributed by atoms with Gasteiger partial charge in [0.15, 0.2) is 0 Å². The maximum absolute atomic E-state index is 13.7. The van der Waals surface area contributed by atoms with Crippen LogP contribution in [0.1, 0.15) is 32.8 Å². The monoisotopic (exact) mass is 352 g/mol. The van der Waals surface area contributed by atoms with Gasteiger partial charge in [0.2, 0.25) is 5.88 Å². The van der Waals surface area contributed by atoms with Crippen LogP contribution >= 0.6 is 0 Å². The molecule has 0 aliphatic heterocycles. The fraction of sp³-hybridized carbons (Fsp3) is 0.364. The molecule has 0 bridgehead atoms. The first-order chi connectivity index (χ1) is 12.4. The largest absolute Gasteiger partial charge is 0.477 e. The number of hydrogen-bond donors (Lipinski definition) is 0. The third-order valence-corrected chi connectivity index (χ3v) is 4.42. The summed E-state index contributed by atoms with van der Waals surface area (Å²) in [6.45, 7) is 9.28. The Morgan fingerprint density at radius 3 is 2.62 bits per heavy atom. The minimum absolute atomic E-state index is 0.268. The van der Waals surface area contributed by atoms with Gasteiger partial charge in [-0.2, -0.15) is 0 Å². The highest BCUT2D eigenvalue weighted by atomic mass is 19.1. The molecule has 2 heterocycles. The van der Waals surface area contributed by atoms with E-state index in [-0.39, 0.29) is 5.82 Å². The van der Waals surface area contributed by atoms with E-state index in [1.165, 1.54) is 12.1 Å². The fourth-order valence-corrected chi connectivity index (χ4v) is 3.32. The molecule has 0 aliphatic carbocycles. The van der Waals surface area contributed by atoms with Gasteiger partial charge in [-0.3, -0.25) is 4.98 Å². The zero-order valence-corrected chi connectivity index (χ0v) is 15.8. The summed E-state index contributed by atoms with van der Waals surface area (Å²) in [6.07, 6.45) is 4.66. The quantitative estimate of drug-likeness (QED) is 0.562. The van der Waals surface area contributed by atoms with Gasteiger partial charge in [-0.1, -0.05) is 20.8 Å². The molecule has 3 nitrogen and oxygen atoms in total. The molecule has 0 radical (unpaired) electrons. The molecule has 26 heavy (non-hydrogen) atoms. The summed E-state index contributed by atoms with van der Waals surface area (Å²) in [7, 11) is 0. The van der Waals surface area contributed by atoms with Crippen LogP contribution in [0.2, 0.25) is 0 Å². The summed E-state index contributed by atoms with van der Waals surface area (Å²) in [5.41, 5.74) is 3.60. The van der Waals surface area contributed by atoms with Gasteiger partial charge >= 0.3 is 0 Å². The van der Waals surface area contributed by atoms with E-state index in [1.807, 2.05) is 19.1 Å². The smallest absolute Gasteiger partial charge is 0.216 e. The first-order valence-corrected chi connectivity index (χ1v) is 9.08. The van der Waals surface area contributed by atoms with Crippen LogP contribution in [0.5, 0.6) is 5.88 Å². The van der Waals surface area contributed by atoms with Crippen molar-refractivity contribution in [3.05, 3.63) is 54.1 Å². The predicted octanol–water partition coefficient (Wildman–Crippen LogP) is 5.81. The number of aryl methyl sites for hydroxylation is 1. The first kappa shape index (κ1) is 18.3. The van der Waals surface area contributed by atoms with Crippen molar-refractivity contribution < 1.29 is 9.13 Å². The molecule has 1 aromatic carbocycles. The standard InChI is InChI=1S/C22H25FN2O/c1-14(2)9-15(3)13-26-22-16(4)10-17(12-25-22)19-7-8-24-21-6-5-18(23)11-20(19)21/h5-8,10-12,14-15H,9,13H2,1-4H3/t15-/m0/s1. The van der Waals surface area contributed by atoms with Crippen molar-refractivity contribution in [1.29, 1.82) is 0 Å². The topological polar surface area (TPSA) is 35.0 Å². The number of hydrogen-bond acceptors (Lipinski definition) is 3. The molecule has 3 rings (SSSR count). The Labute approximate surface area is 154 Å². The number of pyridine rings is 2. The van der Waals surface area contributed by atoms with Gasteiger partial charge in [-0.15, -0.1) is 0 Å². The van der Waals surface area contributed by atoms with E-state index in [0.717, 1.165) is 34.0 Å². The van der Waals surface area contributed by atoms with E-state index in [9.17, 15) is 4.39 Å². The molecule has 0 saturated heterocycles. The van der Waals surface area contributed by atoms with Gasteiger partial charge in [-0.05, 0) is 61.1 Å². The van der Waals surface area contributed by atoms with Gasteiger partial charge in [0.1, 0.15) is 5.82 Å². The zero-order valence-electron chi connectivity index (χ0n) is 15.8. The lowest BCUT2D eigenvalue weighted by Crippen LogP contribution is -2.12. The van der Waals surface area contributed by atoms with E-state index >= 15 is 0 Å². The average Bonchev–Trinajstić information content (AvgIpc) is 2.59. The van der Waals surface area contributed by atoms with Gasteiger partial charge in [0, 0.05) is 28.9 Å². The van der Waals surface area contributed by atoms with Crippen molar-refractivity contribution in [3.8, 4) is 17.0 Å². The maximum atomic E-state index is 13.7. The highest BCUT2D eigenvalue weighted by Gasteiger charge is 2.11. The van der Waals surface area contributed by atoms with Gasteiger partial charge in [-0.25, -0.2) is 9.37 Å². The molecule has 0 N–H and O–H groups in total. The van der Waals surface area contributed by atoms with Crippen LogP contribution in [-0.2, 0) is 0 Å². The third kappa shape index (κ3) is 4.18. The Morgan fingerprint density at radius 1 is 1.08 bits per heavy atom. The predicted molar refractivity (Wildman–Crippen MR) is 104 cm³/mol. The van der Waals surface area contributed by atoms with Crippen molar-refractivity contribution in [2.75, 3.05) is 6.61 Å². The van der Waals surface area contributed by atoms with Crippen LogP contribution in [-0.4, -0.2) is 16.6 Å². The molecule has 0 saturated carbocycles. The lowest BCUT2D eigenvalue weighted by molar-refractivity contribution is 0.230. The van der Waals surface area contributed by atoms with Crippen LogP contribution in [0.4, 0.5) is 4.39 Å². The summed E-state index contributed by atoms with van der Waals surface area (Å²) in [5.74, 6) is 1.54. The van der Waals surface area contributed by atoms with Crippen molar-refractivity contribution >= 4 is 10.9 Å². The van der Waals surface area contributed by atoms with Crippen LogP contribution in [0.3, 0.4) is 0 Å². The van der Waals surface area contributed by atoms with Crippen molar-refractivity contribution in [1.82, 2.24) is 9.97 Å². The molecular formula is C22H25FN2O. The van der Waals surface area contributed by atoms with Crippen LogP contribution in [0.25, 0.3) is 22.0 Å². The highest BCUT2D eigenvalue weighted by molar-refractivity contribution is 5.94. The maximum Gasteiger partial charge on any atom is 0.216 e. The minimum Gasteiger partial charge on any atom is -0.477 e. The van der Waals surface area contributed by atoms with Crippen LogP contribution in [0, 0.1) is 24.6 Å². The number of rotatable bonds is 6. The van der Waals surface area contributed by atoms with Gasteiger partial charge < -0.3 is 4.74 Å². The summed E-state index contributed by atoms with van der Waals surface area (Å²) in [6, 6.07) is 8.57. The molecular weight excluding hydrogens is 327 g/mol. The molecule has 0 unspecified atom stereocenters. The minimum atomic E-state index is -0.268. The SMILES string of the molecule is Cc1cc(-c2ccnc3ccc(F)cc23)cnc1OC[C@@H](C)CC(C)C. The number of nitrogens with zero attached hydrogens (tertiary/aromatic N) is 2. The lowest BCUT2D eigenvalue weighted by Gasteiger charge is -2.16. The Hall–Kier alpha value is -2.49. The second-order valence-corrected chi connectivity index (χ2v) is 7.41. The lowest BCUT2D eigenvalue weighted by atomic mass is 10.00. The zero-order chi connectivity index (χ0) is 18.7. The van der Waals surface area contributed by atoms with Crippen LogP contribution < -0.4 is 4.74 Å². The number of halogens is 1. The Morgan fingerprint density at radius 2 is 1.88 bits per heavy atom. The molecule has 0 amide bonds. The molecule has 1 atom stereocenters. The van der Waals surface area contributed by atoms with E-state index in [4.69, 9.17) is 4.74 Å². The Bertz CT molecular complexity index is 908. The van der Waals surface area contributed by atoms with E-state index in [2.05, 4.69) is 30.7 Å². The summed E-state index contributed by atoms with van der Waals surface area (Å²) < 4.78 is 19.6. The number of fused-ring (bicyclic) bond motifs is 1. The first-order valence-electron chi connectivity index (χ1n) is 9.08. The summed E-state index contributed by atoms with van der Waals surface area (Å²) in [4.78, 5) is 8.81. The van der Waals surface area contributed by atoms with Gasteiger partial charge in [0.25, 0.3) is 0 Å². The molecule has 0 spiro atoms.